The Hall–Kier alpha value is -2.51. The van der Waals surface area contributed by atoms with E-state index in [1.54, 1.807) is 12.1 Å². The van der Waals surface area contributed by atoms with Crippen LogP contribution in [0, 0.1) is 6.92 Å². The molecular weight excluding hydrogens is 372 g/mol. The molecule has 0 saturated carbocycles. The first-order valence-corrected chi connectivity index (χ1v) is 8.95. The van der Waals surface area contributed by atoms with Crippen molar-refractivity contribution >= 4 is 11.6 Å². The molecule has 8 heteroatoms. The largest absolute Gasteiger partial charge is 0.491 e. The quantitative estimate of drug-likeness (QED) is 0.660. The number of ether oxygens (including phenoxy) is 1. The molecule has 0 radical (unpaired) electrons. The fourth-order valence-electron chi connectivity index (χ4n) is 2.61. The summed E-state index contributed by atoms with van der Waals surface area (Å²) in [5, 5.41) is 15.0. The average molecular weight is 393 g/mol. The standard InChI is InChI=1S/C19H21ClN2O5/c1-11(2)14-8-15(20)12(3)7-17(14)26-10-13(23)9-22-19(24)27-18(21-22)16-5-4-6-25-16/h4-8,11,13,23H,9-10H2,1-3H3. The Morgan fingerprint density at radius 2 is 2.15 bits per heavy atom. The maximum atomic E-state index is 11.9. The van der Waals surface area contributed by atoms with Crippen molar-refractivity contribution in [1.29, 1.82) is 0 Å². The van der Waals surface area contributed by atoms with Crippen molar-refractivity contribution in [2.75, 3.05) is 6.61 Å². The highest BCUT2D eigenvalue weighted by Crippen LogP contribution is 2.32. The van der Waals surface area contributed by atoms with Crippen molar-refractivity contribution in [3.8, 4) is 17.4 Å². The second kappa shape index (κ2) is 8.02. The molecule has 0 bridgehead atoms. The molecule has 27 heavy (non-hydrogen) atoms. The van der Waals surface area contributed by atoms with Gasteiger partial charge in [0.15, 0.2) is 5.76 Å². The Balaban J connectivity index is 1.68. The molecule has 2 heterocycles. The van der Waals surface area contributed by atoms with Crippen molar-refractivity contribution in [2.24, 2.45) is 0 Å². The van der Waals surface area contributed by atoms with Gasteiger partial charge in [-0.1, -0.05) is 25.4 Å². The van der Waals surface area contributed by atoms with Crippen molar-refractivity contribution in [3.05, 3.63) is 57.2 Å². The van der Waals surface area contributed by atoms with Gasteiger partial charge in [0.25, 0.3) is 5.89 Å². The zero-order chi connectivity index (χ0) is 19.6. The summed E-state index contributed by atoms with van der Waals surface area (Å²) in [5.41, 5.74) is 1.85. The molecule has 1 aromatic carbocycles. The van der Waals surface area contributed by atoms with E-state index in [0.29, 0.717) is 16.5 Å². The zero-order valence-corrected chi connectivity index (χ0v) is 16.1. The predicted molar refractivity (Wildman–Crippen MR) is 100 cm³/mol. The van der Waals surface area contributed by atoms with Crippen molar-refractivity contribution in [3.63, 3.8) is 0 Å². The maximum Gasteiger partial charge on any atom is 0.437 e. The Kier molecular flexibility index (Phi) is 5.72. The molecule has 3 aromatic rings. The fraction of sp³-hybridized carbons (Fsp3) is 0.368. The molecule has 0 spiro atoms. The summed E-state index contributed by atoms with van der Waals surface area (Å²) < 4.78 is 17.0. The maximum absolute atomic E-state index is 11.9. The van der Waals surface area contributed by atoms with Crippen LogP contribution in [0.2, 0.25) is 5.02 Å². The summed E-state index contributed by atoms with van der Waals surface area (Å²) in [6.45, 7) is 5.90. The van der Waals surface area contributed by atoms with Crippen LogP contribution in [0.15, 0.2) is 44.2 Å². The predicted octanol–water partition coefficient (Wildman–Crippen LogP) is 3.62. The van der Waals surface area contributed by atoms with Gasteiger partial charge in [-0.15, -0.1) is 5.10 Å². The van der Waals surface area contributed by atoms with Gasteiger partial charge >= 0.3 is 5.76 Å². The summed E-state index contributed by atoms with van der Waals surface area (Å²) in [5.74, 6) is 0.605. The van der Waals surface area contributed by atoms with Crippen LogP contribution >= 0.6 is 11.6 Å². The lowest BCUT2D eigenvalue weighted by Gasteiger charge is -2.18. The van der Waals surface area contributed by atoms with E-state index in [9.17, 15) is 9.90 Å². The fourth-order valence-corrected chi connectivity index (χ4v) is 2.78. The van der Waals surface area contributed by atoms with Crippen molar-refractivity contribution < 1.29 is 18.7 Å². The van der Waals surface area contributed by atoms with Gasteiger partial charge in [-0.25, -0.2) is 4.79 Å². The van der Waals surface area contributed by atoms with E-state index in [4.69, 9.17) is 25.2 Å². The van der Waals surface area contributed by atoms with E-state index in [0.717, 1.165) is 15.8 Å². The highest BCUT2D eigenvalue weighted by Gasteiger charge is 2.17. The van der Waals surface area contributed by atoms with Crippen LogP contribution in [0.3, 0.4) is 0 Å². The number of halogens is 1. The second-order valence-electron chi connectivity index (χ2n) is 6.59. The van der Waals surface area contributed by atoms with Crippen molar-refractivity contribution in [1.82, 2.24) is 9.78 Å². The van der Waals surface area contributed by atoms with E-state index in [1.807, 2.05) is 32.9 Å². The third kappa shape index (κ3) is 4.43. The van der Waals surface area contributed by atoms with Gasteiger partial charge < -0.3 is 18.7 Å². The van der Waals surface area contributed by atoms with Gasteiger partial charge in [0, 0.05) is 5.02 Å². The Morgan fingerprint density at radius 1 is 1.37 bits per heavy atom. The third-order valence-corrected chi connectivity index (χ3v) is 4.47. The van der Waals surface area contributed by atoms with Crippen LogP contribution in [0.1, 0.15) is 30.9 Å². The Labute approximate surface area is 161 Å². The molecule has 0 saturated heterocycles. The second-order valence-corrected chi connectivity index (χ2v) is 7.00. The van der Waals surface area contributed by atoms with Gasteiger partial charge in [0.1, 0.15) is 18.5 Å². The van der Waals surface area contributed by atoms with E-state index in [1.165, 1.54) is 6.26 Å². The molecular formula is C19H21ClN2O5. The summed E-state index contributed by atoms with van der Waals surface area (Å²) in [6, 6.07) is 7.02. The number of furan rings is 1. The highest BCUT2D eigenvalue weighted by atomic mass is 35.5. The van der Waals surface area contributed by atoms with Crippen LogP contribution in [0.5, 0.6) is 5.75 Å². The molecule has 0 aliphatic heterocycles. The number of aliphatic hydroxyl groups is 1. The Morgan fingerprint density at radius 3 is 2.81 bits per heavy atom. The normalized spacial score (nSPS) is 12.5. The molecule has 0 amide bonds. The van der Waals surface area contributed by atoms with Crippen LogP contribution in [0.25, 0.3) is 11.7 Å². The minimum absolute atomic E-state index is 0.00379. The summed E-state index contributed by atoms with van der Waals surface area (Å²) in [4.78, 5) is 11.9. The molecule has 0 aliphatic carbocycles. The van der Waals surface area contributed by atoms with Crippen LogP contribution in [-0.4, -0.2) is 27.6 Å². The summed E-state index contributed by atoms with van der Waals surface area (Å²) in [6.07, 6.45) is 0.505. The molecule has 0 aliphatic rings. The SMILES string of the molecule is Cc1cc(OCC(O)Cn2nc(-c3ccco3)oc2=O)c(C(C)C)cc1Cl. The Bertz CT molecular complexity index is 959. The summed E-state index contributed by atoms with van der Waals surface area (Å²) in [7, 11) is 0. The van der Waals surface area contributed by atoms with Crippen LogP contribution in [0.4, 0.5) is 0 Å². The number of hydrogen-bond donors (Lipinski definition) is 1. The van der Waals surface area contributed by atoms with Crippen molar-refractivity contribution in [2.45, 2.75) is 39.3 Å². The zero-order valence-electron chi connectivity index (χ0n) is 15.3. The number of hydrogen-bond acceptors (Lipinski definition) is 6. The first-order valence-electron chi connectivity index (χ1n) is 8.58. The topological polar surface area (TPSA) is 90.6 Å². The molecule has 7 nitrogen and oxygen atoms in total. The third-order valence-electron chi connectivity index (χ3n) is 4.07. The van der Waals surface area contributed by atoms with Gasteiger partial charge in [-0.2, -0.15) is 4.68 Å². The average Bonchev–Trinajstić information content (AvgIpc) is 3.26. The monoisotopic (exact) mass is 392 g/mol. The number of benzene rings is 1. The van der Waals surface area contributed by atoms with Gasteiger partial charge in [0.2, 0.25) is 0 Å². The molecule has 144 valence electrons. The molecule has 0 fully saturated rings. The lowest BCUT2D eigenvalue weighted by atomic mass is 10.0. The van der Waals surface area contributed by atoms with Crippen LogP contribution in [-0.2, 0) is 6.54 Å². The minimum Gasteiger partial charge on any atom is -0.491 e. The molecule has 2 aromatic heterocycles. The number of aryl methyl sites for hydroxylation is 1. The lowest BCUT2D eigenvalue weighted by Crippen LogP contribution is -2.29. The molecule has 1 unspecified atom stereocenters. The van der Waals surface area contributed by atoms with E-state index >= 15 is 0 Å². The number of rotatable bonds is 7. The lowest BCUT2D eigenvalue weighted by molar-refractivity contribution is 0.0869. The van der Waals surface area contributed by atoms with E-state index in [-0.39, 0.29) is 25.0 Å². The molecule has 1 N–H and O–H groups in total. The number of aliphatic hydroxyl groups excluding tert-OH is 1. The first kappa shape index (κ1) is 19.3. The molecule has 1 atom stereocenters. The van der Waals surface area contributed by atoms with Crippen LogP contribution < -0.4 is 10.5 Å². The summed E-state index contributed by atoms with van der Waals surface area (Å²) >= 11 is 6.19. The van der Waals surface area contributed by atoms with E-state index in [2.05, 4.69) is 5.10 Å². The first-order chi connectivity index (χ1) is 12.8. The smallest absolute Gasteiger partial charge is 0.437 e. The van der Waals surface area contributed by atoms with Gasteiger partial charge in [-0.3, -0.25) is 0 Å². The van der Waals surface area contributed by atoms with Gasteiger partial charge in [-0.05, 0) is 48.2 Å². The number of aromatic nitrogens is 2. The minimum atomic E-state index is -0.951. The molecule has 3 rings (SSSR count). The van der Waals surface area contributed by atoms with Gasteiger partial charge in [0.05, 0.1) is 12.8 Å². The highest BCUT2D eigenvalue weighted by molar-refractivity contribution is 6.31. The van der Waals surface area contributed by atoms with E-state index < -0.39 is 11.9 Å². The number of nitrogens with zero attached hydrogens (tertiary/aromatic N) is 2.